The molecule has 1 amide bonds. The van der Waals surface area contributed by atoms with Gasteiger partial charge in [-0.2, -0.15) is 0 Å². The Labute approximate surface area is 181 Å². The SMILES string of the molecule is Cc1ccc2sc(N(Cc3cccnc3)C(=O)c3nc4ccccc4s3)nc2c1C. The van der Waals surface area contributed by atoms with Crippen LogP contribution in [-0.2, 0) is 6.54 Å². The van der Waals surface area contributed by atoms with Gasteiger partial charge in [0.1, 0.15) is 0 Å². The highest BCUT2D eigenvalue weighted by Gasteiger charge is 2.25. The molecule has 30 heavy (non-hydrogen) atoms. The number of hydrogen-bond acceptors (Lipinski definition) is 6. The Kier molecular flexibility index (Phi) is 4.77. The number of pyridine rings is 1. The zero-order chi connectivity index (χ0) is 20.7. The van der Waals surface area contributed by atoms with Gasteiger partial charge in [-0.1, -0.05) is 35.6 Å². The topological polar surface area (TPSA) is 59.0 Å². The van der Waals surface area contributed by atoms with E-state index in [2.05, 4.69) is 35.9 Å². The summed E-state index contributed by atoms with van der Waals surface area (Å²) in [7, 11) is 0. The van der Waals surface area contributed by atoms with Crippen LogP contribution >= 0.6 is 22.7 Å². The van der Waals surface area contributed by atoms with E-state index in [0.717, 1.165) is 31.6 Å². The first-order chi connectivity index (χ1) is 14.6. The number of anilines is 1. The molecule has 0 N–H and O–H groups in total. The van der Waals surface area contributed by atoms with Crippen LogP contribution in [-0.4, -0.2) is 20.9 Å². The second-order valence-corrected chi connectivity index (χ2v) is 9.13. The third-order valence-electron chi connectivity index (χ3n) is 5.09. The molecule has 5 aromatic rings. The van der Waals surface area contributed by atoms with Gasteiger partial charge in [-0.05, 0) is 54.8 Å². The average Bonchev–Trinajstić information content (AvgIpc) is 3.39. The van der Waals surface area contributed by atoms with Gasteiger partial charge in [0.25, 0.3) is 5.91 Å². The number of para-hydroxylation sites is 1. The highest BCUT2D eigenvalue weighted by atomic mass is 32.1. The minimum atomic E-state index is -0.145. The molecular weight excluding hydrogens is 412 g/mol. The van der Waals surface area contributed by atoms with Crippen LogP contribution in [0.15, 0.2) is 60.9 Å². The number of rotatable bonds is 4. The molecule has 5 rings (SSSR count). The number of carbonyl (C=O) groups is 1. The summed E-state index contributed by atoms with van der Waals surface area (Å²) in [6.45, 7) is 4.54. The molecule has 2 aromatic carbocycles. The molecule has 0 atom stereocenters. The van der Waals surface area contributed by atoms with Gasteiger partial charge in [0.2, 0.25) is 0 Å². The molecule has 0 radical (unpaired) electrons. The molecule has 0 aliphatic rings. The summed E-state index contributed by atoms with van der Waals surface area (Å²) in [5, 5.41) is 1.14. The number of hydrogen-bond donors (Lipinski definition) is 0. The first-order valence-corrected chi connectivity index (χ1v) is 11.2. The van der Waals surface area contributed by atoms with E-state index in [1.165, 1.54) is 28.2 Å². The molecule has 7 heteroatoms. The van der Waals surface area contributed by atoms with Gasteiger partial charge in [-0.25, -0.2) is 9.97 Å². The second-order valence-electron chi connectivity index (χ2n) is 7.09. The van der Waals surface area contributed by atoms with Crippen LogP contribution < -0.4 is 4.90 Å². The number of amides is 1. The van der Waals surface area contributed by atoms with Crippen molar-refractivity contribution in [2.45, 2.75) is 20.4 Å². The molecule has 0 saturated carbocycles. The monoisotopic (exact) mass is 430 g/mol. The van der Waals surface area contributed by atoms with E-state index in [0.29, 0.717) is 16.7 Å². The Bertz CT molecular complexity index is 1340. The lowest BCUT2D eigenvalue weighted by molar-refractivity contribution is 0.0985. The van der Waals surface area contributed by atoms with Crippen molar-refractivity contribution in [3.8, 4) is 0 Å². The average molecular weight is 431 g/mol. The molecule has 0 spiro atoms. The fraction of sp³-hybridized carbons (Fsp3) is 0.130. The first-order valence-electron chi connectivity index (χ1n) is 9.53. The minimum absolute atomic E-state index is 0.145. The van der Waals surface area contributed by atoms with Gasteiger partial charge < -0.3 is 0 Å². The van der Waals surface area contributed by atoms with E-state index in [9.17, 15) is 4.79 Å². The van der Waals surface area contributed by atoms with Crippen LogP contribution in [0.25, 0.3) is 20.4 Å². The van der Waals surface area contributed by atoms with Crippen LogP contribution in [0.5, 0.6) is 0 Å². The largest absolute Gasteiger partial charge is 0.289 e. The van der Waals surface area contributed by atoms with Crippen LogP contribution in [0, 0.1) is 13.8 Å². The molecule has 3 heterocycles. The summed E-state index contributed by atoms with van der Waals surface area (Å²) in [6.07, 6.45) is 3.51. The molecule has 0 fully saturated rings. The summed E-state index contributed by atoms with van der Waals surface area (Å²) in [5.41, 5.74) is 5.06. The Morgan fingerprint density at radius 3 is 2.63 bits per heavy atom. The molecule has 0 aliphatic carbocycles. The predicted octanol–water partition coefficient (Wildman–Crippen LogP) is 5.76. The third-order valence-corrected chi connectivity index (χ3v) is 7.16. The Balaban J connectivity index is 1.61. The van der Waals surface area contributed by atoms with Crippen molar-refractivity contribution < 1.29 is 4.79 Å². The van der Waals surface area contributed by atoms with E-state index < -0.39 is 0 Å². The fourth-order valence-electron chi connectivity index (χ4n) is 3.31. The van der Waals surface area contributed by atoms with Crippen LogP contribution in [0.1, 0.15) is 26.5 Å². The molecule has 0 unspecified atom stereocenters. The van der Waals surface area contributed by atoms with Crippen molar-refractivity contribution in [2.24, 2.45) is 0 Å². The lowest BCUT2D eigenvalue weighted by Crippen LogP contribution is -2.30. The third kappa shape index (κ3) is 3.36. The van der Waals surface area contributed by atoms with E-state index in [-0.39, 0.29) is 5.91 Å². The number of fused-ring (bicyclic) bond motifs is 2. The molecular formula is C23H18N4OS2. The first kappa shape index (κ1) is 18.8. The lowest BCUT2D eigenvalue weighted by Gasteiger charge is -2.18. The van der Waals surface area contributed by atoms with Crippen molar-refractivity contribution in [1.82, 2.24) is 15.0 Å². The summed E-state index contributed by atoms with van der Waals surface area (Å²) >= 11 is 2.94. The highest BCUT2D eigenvalue weighted by molar-refractivity contribution is 7.23. The zero-order valence-corrected chi connectivity index (χ0v) is 18.1. The number of thiazole rings is 2. The smallest absolute Gasteiger partial charge is 0.277 e. The Morgan fingerprint density at radius 2 is 1.83 bits per heavy atom. The number of aromatic nitrogens is 3. The van der Waals surface area contributed by atoms with Crippen molar-refractivity contribution in [1.29, 1.82) is 0 Å². The molecule has 0 bridgehead atoms. The quantitative estimate of drug-likeness (QED) is 0.363. The second kappa shape index (κ2) is 7.59. The van der Waals surface area contributed by atoms with E-state index in [1.807, 2.05) is 36.4 Å². The summed E-state index contributed by atoms with van der Waals surface area (Å²) in [6, 6.07) is 15.8. The van der Waals surface area contributed by atoms with Crippen molar-refractivity contribution in [3.63, 3.8) is 0 Å². The van der Waals surface area contributed by atoms with Crippen LogP contribution in [0.2, 0.25) is 0 Å². The molecule has 0 saturated heterocycles. The molecule has 0 aliphatic heterocycles. The molecule has 148 valence electrons. The summed E-state index contributed by atoms with van der Waals surface area (Å²) in [5.74, 6) is -0.145. The lowest BCUT2D eigenvalue weighted by atomic mass is 10.1. The maximum Gasteiger partial charge on any atom is 0.289 e. The standard InChI is InChI=1S/C23H18N4OS2/c1-14-9-10-19-20(15(14)2)26-23(30-19)27(13-16-6-5-11-24-12-16)22(28)21-25-17-7-3-4-8-18(17)29-21/h3-12H,13H2,1-2H3. The van der Waals surface area contributed by atoms with Crippen molar-refractivity contribution in [3.05, 3.63) is 82.6 Å². The van der Waals surface area contributed by atoms with Gasteiger partial charge in [-0.15, -0.1) is 11.3 Å². The van der Waals surface area contributed by atoms with Crippen LogP contribution in [0.4, 0.5) is 5.13 Å². The number of nitrogens with zero attached hydrogens (tertiary/aromatic N) is 4. The maximum atomic E-state index is 13.6. The molecule has 3 aromatic heterocycles. The van der Waals surface area contributed by atoms with Gasteiger partial charge in [-0.3, -0.25) is 14.7 Å². The summed E-state index contributed by atoms with van der Waals surface area (Å²) < 4.78 is 2.07. The minimum Gasteiger partial charge on any atom is -0.277 e. The van der Waals surface area contributed by atoms with Gasteiger partial charge >= 0.3 is 0 Å². The summed E-state index contributed by atoms with van der Waals surface area (Å²) in [4.78, 5) is 28.9. The Morgan fingerprint density at radius 1 is 0.967 bits per heavy atom. The van der Waals surface area contributed by atoms with Gasteiger partial charge in [0.05, 0.1) is 27.0 Å². The number of benzene rings is 2. The normalized spacial score (nSPS) is 11.3. The zero-order valence-electron chi connectivity index (χ0n) is 16.5. The van der Waals surface area contributed by atoms with Crippen molar-refractivity contribution in [2.75, 3.05) is 4.90 Å². The predicted molar refractivity (Wildman–Crippen MR) is 123 cm³/mol. The number of carbonyl (C=O) groups excluding carboxylic acids is 1. The van der Waals surface area contributed by atoms with Gasteiger partial charge in [0.15, 0.2) is 10.1 Å². The molecule has 5 nitrogen and oxygen atoms in total. The van der Waals surface area contributed by atoms with Gasteiger partial charge in [0, 0.05) is 12.4 Å². The highest BCUT2D eigenvalue weighted by Crippen LogP contribution is 2.34. The van der Waals surface area contributed by atoms with Crippen molar-refractivity contribution >= 4 is 54.1 Å². The maximum absolute atomic E-state index is 13.6. The van der Waals surface area contributed by atoms with E-state index >= 15 is 0 Å². The fourth-order valence-corrected chi connectivity index (χ4v) is 5.25. The number of aryl methyl sites for hydroxylation is 2. The van der Waals surface area contributed by atoms with E-state index in [1.54, 1.807) is 17.3 Å². The van der Waals surface area contributed by atoms with E-state index in [4.69, 9.17) is 4.98 Å². The Hall–Kier alpha value is -3.16. The van der Waals surface area contributed by atoms with Crippen LogP contribution in [0.3, 0.4) is 0 Å².